The number of carbonyl (C=O) groups is 1. The summed E-state index contributed by atoms with van der Waals surface area (Å²) in [4.78, 5) is 16.7. The average Bonchev–Trinajstić information content (AvgIpc) is 2.50. The van der Waals surface area contributed by atoms with Gasteiger partial charge in [0.25, 0.3) is 5.91 Å². The van der Waals surface area contributed by atoms with Crippen LogP contribution in [0.15, 0.2) is 34.8 Å². The molecular formula is C16H16BrN3O2S. The molecule has 1 aromatic heterocycles. The number of hydrogen-bond acceptors (Lipinski definition) is 4. The Morgan fingerprint density at radius 3 is 2.65 bits per heavy atom. The zero-order valence-electron chi connectivity index (χ0n) is 12.9. The number of thiocarbonyl (C=S) groups is 1. The number of amides is 1. The topological polar surface area (TPSA) is 63.2 Å². The molecule has 0 aliphatic carbocycles. The monoisotopic (exact) mass is 393 g/mol. The maximum atomic E-state index is 12.4. The van der Waals surface area contributed by atoms with E-state index in [1.807, 2.05) is 26.0 Å². The minimum Gasteiger partial charge on any atom is -0.496 e. The van der Waals surface area contributed by atoms with E-state index in [2.05, 4.69) is 31.5 Å². The first kappa shape index (κ1) is 17.4. The van der Waals surface area contributed by atoms with Gasteiger partial charge >= 0.3 is 0 Å². The molecule has 0 spiro atoms. The van der Waals surface area contributed by atoms with Crippen molar-refractivity contribution >= 4 is 45.0 Å². The van der Waals surface area contributed by atoms with Crippen LogP contribution < -0.4 is 15.4 Å². The fourth-order valence-electron chi connectivity index (χ4n) is 2.03. The number of pyridine rings is 1. The lowest BCUT2D eigenvalue weighted by Crippen LogP contribution is -2.34. The smallest absolute Gasteiger partial charge is 0.261 e. The van der Waals surface area contributed by atoms with Crippen molar-refractivity contribution in [2.75, 3.05) is 12.4 Å². The molecule has 0 radical (unpaired) electrons. The van der Waals surface area contributed by atoms with Crippen molar-refractivity contribution in [2.24, 2.45) is 0 Å². The highest BCUT2D eigenvalue weighted by Gasteiger charge is 2.15. The summed E-state index contributed by atoms with van der Waals surface area (Å²) in [6, 6.07) is 8.98. The summed E-state index contributed by atoms with van der Waals surface area (Å²) in [7, 11) is 1.53. The van der Waals surface area contributed by atoms with E-state index in [-0.39, 0.29) is 11.0 Å². The van der Waals surface area contributed by atoms with Gasteiger partial charge in [-0.1, -0.05) is 12.1 Å². The molecule has 2 N–H and O–H groups in total. The molecule has 0 saturated heterocycles. The molecule has 5 nitrogen and oxygen atoms in total. The Balaban J connectivity index is 2.09. The number of methoxy groups -OCH3 is 1. The second-order valence-electron chi connectivity index (χ2n) is 4.83. The highest BCUT2D eigenvalue weighted by molar-refractivity contribution is 9.10. The van der Waals surface area contributed by atoms with Gasteiger partial charge in [-0.25, -0.2) is 4.98 Å². The van der Waals surface area contributed by atoms with E-state index in [1.54, 1.807) is 18.2 Å². The second kappa shape index (κ2) is 7.52. The third kappa shape index (κ3) is 4.27. The van der Waals surface area contributed by atoms with Gasteiger partial charge in [0.05, 0.1) is 18.4 Å². The van der Waals surface area contributed by atoms with Crippen molar-refractivity contribution in [3.63, 3.8) is 0 Å². The predicted molar refractivity (Wildman–Crippen MR) is 98.1 cm³/mol. The van der Waals surface area contributed by atoms with Gasteiger partial charge in [0.15, 0.2) is 5.11 Å². The fourth-order valence-corrected chi connectivity index (χ4v) is 2.45. The van der Waals surface area contributed by atoms with Crippen LogP contribution in [0.3, 0.4) is 0 Å². The molecule has 0 fully saturated rings. The lowest BCUT2D eigenvalue weighted by molar-refractivity contribution is 0.0974. The van der Waals surface area contributed by atoms with Gasteiger partial charge in [0, 0.05) is 4.47 Å². The average molecular weight is 394 g/mol. The van der Waals surface area contributed by atoms with Crippen molar-refractivity contribution in [1.29, 1.82) is 0 Å². The zero-order valence-corrected chi connectivity index (χ0v) is 15.3. The summed E-state index contributed by atoms with van der Waals surface area (Å²) >= 11 is 8.55. The summed E-state index contributed by atoms with van der Waals surface area (Å²) in [5.74, 6) is 0.759. The van der Waals surface area contributed by atoms with E-state index in [9.17, 15) is 4.79 Å². The Morgan fingerprint density at radius 1 is 1.26 bits per heavy atom. The number of hydrogen-bond donors (Lipinski definition) is 2. The number of ether oxygens (including phenoxy) is 1. The first-order chi connectivity index (χ1) is 10.9. The number of para-hydroxylation sites is 1. The number of nitrogens with zero attached hydrogens (tertiary/aromatic N) is 1. The molecule has 0 unspecified atom stereocenters. The highest BCUT2D eigenvalue weighted by Crippen LogP contribution is 2.22. The maximum Gasteiger partial charge on any atom is 0.261 e. The highest BCUT2D eigenvalue weighted by atomic mass is 79.9. The number of halogens is 1. The summed E-state index contributed by atoms with van der Waals surface area (Å²) < 4.78 is 6.19. The van der Waals surface area contributed by atoms with Crippen molar-refractivity contribution in [2.45, 2.75) is 13.8 Å². The van der Waals surface area contributed by atoms with Crippen LogP contribution in [0.25, 0.3) is 0 Å². The molecule has 120 valence electrons. The van der Waals surface area contributed by atoms with Crippen LogP contribution in [-0.4, -0.2) is 23.1 Å². The maximum absolute atomic E-state index is 12.4. The third-order valence-corrected chi connectivity index (χ3v) is 4.19. The first-order valence-electron chi connectivity index (χ1n) is 6.81. The van der Waals surface area contributed by atoms with E-state index < -0.39 is 0 Å². The number of carbonyl (C=O) groups excluding carboxylic acids is 1. The quantitative estimate of drug-likeness (QED) is 0.779. The Morgan fingerprint density at radius 2 is 2.00 bits per heavy atom. The normalized spacial score (nSPS) is 10.1. The molecule has 1 heterocycles. The van der Waals surface area contributed by atoms with Crippen LogP contribution in [-0.2, 0) is 0 Å². The van der Waals surface area contributed by atoms with Crippen molar-refractivity contribution < 1.29 is 9.53 Å². The van der Waals surface area contributed by atoms with Gasteiger partial charge in [-0.15, -0.1) is 0 Å². The zero-order chi connectivity index (χ0) is 17.0. The number of nitrogens with one attached hydrogen (secondary N) is 2. The van der Waals surface area contributed by atoms with Gasteiger partial charge in [-0.2, -0.15) is 0 Å². The molecule has 1 amide bonds. The summed E-state index contributed by atoms with van der Waals surface area (Å²) in [6.45, 7) is 3.75. The molecule has 0 saturated carbocycles. The predicted octanol–water partition coefficient (Wildman–Crippen LogP) is 3.60. The Kier molecular flexibility index (Phi) is 5.68. The minimum atomic E-state index is -0.336. The van der Waals surface area contributed by atoms with Crippen LogP contribution in [0, 0.1) is 13.8 Å². The summed E-state index contributed by atoms with van der Waals surface area (Å²) in [6.07, 6.45) is 0. The standard InChI is InChI=1S/C16H16BrN3O2S/c1-9-5-4-6-11(14(9)22-3)15(21)20-16(23)19-13-8-7-12(17)10(2)18-13/h4-8H,1-3H3,(H2,18,19,20,21,23). The molecule has 0 bridgehead atoms. The lowest BCUT2D eigenvalue weighted by atomic mass is 10.1. The van der Waals surface area contributed by atoms with Crippen LogP contribution in [0.2, 0.25) is 0 Å². The molecule has 0 aliphatic rings. The molecule has 2 aromatic rings. The number of benzene rings is 1. The van der Waals surface area contributed by atoms with Crippen molar-refractivity contribution in [3.05, 3.63) is 51.6 Å². The lowest BCUT2D eigenvalue weighted by Gasteiger charge is -2.13. The van der Waals surface area contributed by atoms with E-state index in [0.717, 1.165) is 15.7 Å². The SMILES string of the molecule is COc1c(C)cccc1C(=O)NC(=S)Nc1ccc(Br)c(C)n1. The van der Waals surface area contributed by atoms with Gasteiger partial charge < -0.3 is 10.1 Å². The Labute approximate surface area is 148 Å². The van der Waals surface area contributed by atoms with E-state index in [4.69, 9.17) is 17.0 Å². The van der Waals surface area contributed by atoms with Crippen LogP contribution in [0.5, 0.6) is 5.75 Å². The molecular weight excluding hydrogens is 378 g/mol. The summed E-state index contributed by atoms with van der Waals surface area (Å²) in [5, 5.41) is 5.69. The van der Waals surface area contributed by atoms with Crippen molar-refractivity contribution in [3.8, 4) is 5.75 Å². The molecule has 7 heteroatoms. The number of aromatic nitrogens is 1. The Hall–Kier alpha value is -1.99. The van der Waals surface area contributed by atoms with Crippen LogP contribution in [0.1, 0.15) is 21.6 Å². The minimum absolute atomic E-state index is 0.174. The molecule has 0 aliphatic heterocycles. The molecule has 23 heavy (non-hydrogen) atoms. The van der Waals surface area contributed by atoms with E-state index in [0.29, 0.717) is 17.1 Å². The van der Waals surface area contributed by atoms with Gasteiger partial charge in [-0.05, 0) is 65.8 Å². The largest absolute Gasteiger partial charge is 0.496 e. The Bertz CT molecular complexity index is 765. The second-order valence-corrected chi connectivity index (χ2v) is 6.09. The van der Waals surface area contributed by atoms with E-state index >= 15 is 0 Å². The van der Waals surface area contributed by atoms with Crippen LogP contribution >= 0.6 is 28.1 Å². The first-order valence-corrected chi connectivity index (χ1v) is 8.01. The molecule has 2 rings (SSSR count). The third-order valence-electron chi connectivity index (χ3n) is 3.15. The number of rotatable bonds is 3. The fraction of sp³-hybridized carbons (Fsp3) is 0.188. The number of aryl methyl sites for hydroxylation is 2. The molecule has 0 atom stereocenters. The van der Waals surface area contributed by atoms with Crippen LogP contribution in [0.4, 0.5) is 5.82 Å². The number of anilines is 1. The van der Waals surface area contributed by atoms with E-state index in [1.165, 1.54) is 7.11 Å². The summed E-state index contributed by atoms with van der Waals surface area (Å²) in [5.41, 5.74) is 2.13. The van der Waals surface area contributed by atoms with Crippen molar-refractivity contribution in [1.82, 2.24) is 10.3 Å². The van der Waals surface area contributed by atoms with Gasteiger partial charge in [0.1, 0.15) is 11.6 Å². The molecule has 1 aromatic carbocycles. The van der Waals surface area contributed by atoms with Gasteiger partial charge in [0.2, 0.25) is 0 Å². The van der Waals surface area contributed by atoms with Gasteiger partial charge in [-0.3, -0.25) is 10.1 Å².